The number of rotatable bonds is 10. The van der Waals surface area contributed by atoms with E-state index in [0.717, 1.165) is 16.8 Å². The van der Waals surface area contributed by atoms with Crippen LogP contribution in [0.25, 0.3) is 22.3 Å². The fourth-order valence-corrected chi connectivity index (χ4v) is 11.6. The van der Waals surface area contributed by atoms with Crippen molar-refractivity contribution in [3.8, 4) is 22.3 Å². The van der Waals surface area contributed by atoms with Crippen LogP contribution >= 0.6 is 31.8 Å². The largest absolute Gasteiger partial charge is 0.0622 e. The fourth-order valence-electron chi connectivity index (χ4n) is 6.23. The third-order valence-electron chi connectivity index (χ3n) is 8.54. The molecule has 0 radical (unpaired) electrons. The first kappa shape index (κ1) is 31.5. The van der Waals surface area contributed by atoms with Crippen LogP contribution in [-0.4, -0.2) is 0 Å². The van der Waals surface area contributed by atoms with Gasteiger partial charge in [0.2, 0.25) is 0 Å². The first-order chi connectivity index (χ1) is 23.3. The minimum atomic E-state index is -0.568. The molecule has 0 bridgehead atoms. The van der Waals surface area contributed by atoms with Crippen LogP contribution < -0.4 is 21.2 Å². The van der Waals surface area contributed by atoms with Gasteiger partial charge in [0.05, 0.1) is 0 Å². The summed E-state index contributed by atoms with van der Waals surface area (Å²) in [6.07, 6.45) is 1.95. The number of hydrogen-bond donors (Lipinski definition) is 0. The van der Waals surface area contributed by atoms with E-state index < -0.39 is 15.8 Å². The Morgan fingerprint density at radius 2 is 0.574 bits per heavy atom. The van der Waals surface area contributed by atoms with Crippen LogP contribution in [0.2, 0.25) is 0 Å². The Morgan fingerprint density at radius 1 is 0.298 bits per heavy atom. The molecule has 0 atom stereocenters. The molecule has 0 spiro atoms. The predicted octanol–water partition coefficient (Wildman–Crippen LogP) is 11.0. The Hall–Kier alpha value is -4.12. The highest BCUT2D eigenvalue weighted by atomic mass is 79.9. The van der Waals surface area contributed by atoms with Crippen LogP contribution in [0, 0.1) is 0 Å². The van der Waals surface area contributed by atoms with Crippen molar-refractivity contribution in [2.45, 2.75) is 12.3 Å². The van der Waals surface area contributed by atoms with Crippen LogP contribution in [-0.2, 0) is 12.3 Å². The summed E-state index contributed by atoms with van der Waals surface area (Å²) in [6, 6.07) is 68.7. The molecule has 0 aromatic heterocycles. The predicted molar refractivity (Wildman–Crippen MR) is 211 cm³/mol. The van der Waals surface area contributed by atoms with Gasteiger partial charge in [-0.3, -0.25) is 0 Å². The molecule has 47 heavy (non-hydrogen) atoms. The number of benzene rings is 7. The maximum atomic E-state index is 4.15. The summed E-state index contributed by atoms with van der Waals surface area (Å²) in [6.45, 7) is 0. The zero-order chi connectivity index (χ0) is 31.8. The molecule has 0 aliphatic heterocycles. The lowest BCUT2D eigenvalue weighted by atomic mass is 9.94. The van der Waals surface area contributed by atoms with Gasteiger partial charge in [-0.2, -0.15) is 0 Å². The zero-order valence-electron chi connectivity index (χ0n) is 26.1. The van der Waals surface area contributed by atoms with E-state index in [-0.39, 0.29) is 0 Å². The second-order valence-electron chi connectivity index (χ2n) is 11.5. The van der Waals surface area contributed by atoms with Gasteiger partial charge in [0.1, 0.15) is 0 Å². The van der Waals surface area contributed by atoms with Crippen molar-refractivity contribution < 1.29 is 0 Å². The highest BCUT2D eigenvalue weighted by molar-refractivity contribution is 9.10. The minimum Gasteiger partial charge on any atom is -0.0622 e. The van der Waals surface area contributed by atoms with Crippen molar-refractivity contribution in [1.29, 1.82) is 0 Å². The SMILES string of the molecule is Brc1c(-c2ccccc2CP(c2ccccc2)c2ccccc2)cccc1-c1ccccc1CP(c1ccccc1)c1ccccc1. The van der Waals surface area contributed by atoms with Crippen molar-refractivity contribution in [2.75, 3.05) is 0 Å². The summed E-state index contributed by atoms with van der Waals surface area (Å²) in [5.74, 6) is 0. The van der Waals surface area contributed by atoms with Gasteiger partial charge in [-0.05, 0) is 86.4 Å². The van der Waals surface area contributed by atoms with Crippen LogP contribution in [0.5, 0.6) is 0 Å². The Kier molecular flexibility index (Phi) is 10.2. The maximum Gasteiger partial charge on any atom is 0.0332 e. The van der Waals surface area contributed by atoms with Gasteiger partial charge in [0.15, 0.2) is 0 Å². The van der Waals surface area contributed by atoms with E-state index in [2.05, 4.69) is 204 Å². The molecule has 7 aromatic carbocycles. The lowest BCUT2D eigenvalue weighted by Gasteiger charge is -2.22. The second-order valence-corrected chi connectivity index (χ2v) is 16.7. The second kappa shape index (κ2) is 15.2. The van der Waals surface area contributed by atoms with Gasteiger partial charge in [-0.1, -0.05) is 188 Å². The average molecular weight is 706 g/mol. The molecule has 0 aliphatic rings. The molecule has 7 rings (SSSR count). The Bertz CT molecular complexity index is 1820. The van der Waals surface area contributed by atoms with E-state index >= 15 is 0 Å². The quantitative estimate of drug-likeness (QED) is 0.124. The molecular formula is C44H35BrP2. The van der Waals surface area contributed by atoms with Gasteiger partial charge >= 0.3 is 0 Å². The average Bonchev–Trinajstić information content (AvgIpc) is 3.15. The Labute approximate surface area is 289 Å². The molecular weight excluding hydrogens is 670 g/mol. The molecule has 0 aliphatic carbocycles. The topological polar surface area (TPSA) is 0 Å². The van der Waals surface area contributed by atoms with E-state index in [9.17, 15) is 0 Å². The van der Waals surface area contributed by atoms with E-state index in [1.165, 1.54) is 54.6 Å². The first-order valence-electron chi connectivity index (χ1n) is 16.0. The van der Waals surface area contributed by atoms with Crippen LogP contribution in [0.15, 0.2) is 193 Å². The molecule has 7 aromatic rings. The van der Waals surface area contributed by atoms with Gasteiger partial charge < -0.3 is 0 Å². The molecule has 0 nitrogen and oxygen atoms in total. The summed E-state index contributed by atoms with van der Waals surface area (Å²) < 4.78 is 1.15. The van der Waals surface area contributed by atoms with Crippen molar-refractivity contribution >= 4 is 53.0 Å². The normalized spacial score (nSPS) is 11.2. The van der Waals surface area contributed by atoms with E-state index in [4.69, 9.17) is 0 Å². The van der Waals surface area contributed by atoms with Gasteiger partial charge in [0, 0.05) is 16.8 Å². The zero-order valence-corrected chi connectivity index (χ0v) is 29.5. The molecule has 3 heteroatoms. The maximum absolute atomic E-state index is 4.15. The number of halogens is 1. The van der Waals surface area contributed by atoms with Crippen molar-refractivity contribution in [2.24, 2.45) is 0 Å². The molecule has 0 fully saturated rings. The van der Waals surface area contributed by atoms with E-state index in [1.807, 2.05) is 0 Å². The monoisotopic (exact) mass is 704 g/mol. The molecule has 0 amide bonds. The van der Waals surface area contributed by atoms with Crippen molar-refractivity contribution in [1.82, 2.24) is 0 Å². The standard InChI is InChI=1S/C44H35BrP2/c45-44-42(40-28-15-13-18-34(40)32-46(36-20-5-1-6-21-36)37-22-7-2-8-23-37)30-17-31-43(44)41-29-16-14-19-35(41)33-47(38-24-9-3-10-25-38)39-26-11-4-12-27-39/h1-31H,32-33H2. The molecule has 0 saturated heterocycles. The van der Waals surface area contributed by atoms with Gasteiger partial charge in [-0.25, -0.2) is 0 Å². The van der Waals surface area contributed by atoms with Crippen LogP contribution in [0.1, 0.15) is 11.1 Å². The van der Waals surface area contributed by atoms with Crippen LogP contribution in [0.4, 0.5) is 0 Å². The van der Waals surface area contributed by atoms with Gasteiger partial charge in [0.25, 0.3) is 0 Å². The molecule has 0 N–H and O–H groups in total. The minimum absolute atomic E-state index is 0.568. The molecule has 228 valence electrons. The Morgan fingerprint density at radius 3 is 0.915 bits per heavy atom. The van der Waals surface area contributed by atoms with Gasteiger partial charge in [-0.15, -0.1) is 0 Å². The fraction of sp³-hybridized carbons (Fsp3) is 0.0455. The summed E-state index contributed by atoms with van der Waals surface area (Å²) in [7, 11) is -1.14. The molecule has 0 saturated carbocycles. The van der Waals surface area contributed by atoms with E-state index in [0.29, 0.717) is 0 Å². The first-order valence-corrected chi connectivity index (χ1v) is 19.8. The highest BCUT2D eigenvalue weighted by Crippen LogP contribution is 2.45. The summed E-state index contributed by atoms with van der Waals surface area (Å²) in [5.41, 5.74) is 7.78. The lowest BCUT2D eigenvalue weighted by molar-refractivity contribution is 1.37. The molecule has 0 heterocycles. The summed E-state index contributed by atoms with van der Waals surface area (Å²) >= 11 is 4.15. The summed E-state index contributed by atoms with van der Waals surface area (Å²) in [5, 5.41) is 5.61. The Balaban J connectivity index is 1.28. The third-order valence-corrected chi connectivity index (χ3v) is 14.4. The van der Waals surface area contributed by atoms with E-state index in [1.54, 1.807) is 0 Å². The van der Waals surface area contributed by atoms with Crippen molar-refractivity contribution in [3.05, 3.63) is 204 Å². The third kappa shape index (κ3) is 7.25. The number of hydrogen-bond acceptors (Lipinski definition) is 0. The van der Waals surface area contributed by atoms with Crippen LogP contribution in [0.3, 0.4) is 0 Å². The highest BCUT2D eigenvalue weighted by Gasteiger charge is 2.21. The summed E-state index contributed by atoms with van der Waals surface area (Å²) in [4.78, 5) is 0. The lowest BCUT2D eigenvalue weighted by Crippen LogP contribution is -2.13. The van der Waals surface area contributed by atoms with Crippen molar-refractivity contribution in [3.63, 3.8) is 0 Å². The molecule has 0 unspecified atom stereocenters. The smallest absolute Gasteiger partial charge is 0.0332 e.